The lowest BCUT2D eigenvalue weighted by Gasteiger charge is -2.35. The fraction of sp³-hybridized carbons (Fsp3) is 0.417. The van der Waals surface area contributed by atoms with Crippen molar-refractivity contribution >= 4 is 0 Å². The van der Waals surface area contributed by atoms with Crippen molar-refractivity contribution < 1.29 is 8.78 Å². The lowest BCUT2D eigenvalue weighted by atomic mass is 9.66. The van der Waals surface area contributed by atoms with Gasteiger partial charge in [0.1, 0.15) is 11.6 Å². The van der Waals surface area contributed by atoms with Gasteiger partial charge in [-0.2, -0.15) is 5.26 Å². The number of halogens is 2. The molecule has 0 atom stereocenters. The van der Waals surface area contributed by atoms with E-state index in [0.717, 1.165) is 19.3 Å². The molecule has 78 valence electrons. The third kappa shape index (κ3) is 1.72. The Morgan fingerprint density at radius 2 is 1.87 bits per heavy atom. The summed E-state index contributed by atoms with van der Waals surface area (Å²) in [5.41, 5.74) is -0.470. The van der Waals surface area contributed by atoms with Crippen molar-refractivity contribution in [1.82, 2.24) is 0 Å². The van der Waals surface area contributed by atoms with Gasteiger partial charge in [0.25, 0.3) is 0 Å². The number of benzene rings is 1. The maximum atomic E-state index is 13.3. The molecule has 0 aromatic heterocycles. The van der Waals surface area contributed by atoms with Crippen LogP contribution in [-0.2, 0) is 6.42 Å². The second-order valence-corrected chi connectivity index (χ2v) is 4.12. The first-order chi connectivity index (χ1) is 7.17. The van der Waals surface area contributed by atoms with E-state index in [4.69, 9.17) is 5.26 Å². The SMILES string of the molecule is N#CC1(Cc2c(F)cccc2F)CCC1. The molecule has 1 aliphatic carbocycles. The first-order valence-electron chi connectivity index (χ1n) is 5.01. The number of hydrogen-bond donors (Lipinski definition) is 0. The summed E-state index contributed by atoms with van der Waals surface area (Å²) >= 11 is 0. The highest BCUT2D eigenvalue weighted by molar-refractivity contribution is 5.24. The average molecular weight is 207 g/mol. The molecule has 0 unspecified atom stereocenters. The Kier molecular flexibility index (Phi) is 2.44. The molecule has 0 N–H and O–H groups in total. The van der Waals surface area contributed by atoms with E-state index >= 15 is 0 Å². The Hall–Kier alpha value is -1.43. The minimum Gasteiger partial charge on any atom is -0.207 e. The Morgan fingerprint density at radius 1 is 1.27 bits per heavy atom. The second-order valence-electron chi connectivity index (χ2n) is 4.12. The molecule has 0 amide bonds. The van der Waals surface area contributed by atoms with Crippen molar-refractivity contribution in [1.29, 1.82) is 5.26 Å². The van der Waals surface area contributed by atoms with Crippen LogP contribution >= 0.6 is 0 Å². The van der Waals surface area contributed by atoms with E-state index in [1.807, 2.05) is 0 Å². The predicted octanol–water partition coefficient (Wildman–Crippen LogP) is 3.20. The highest BCUT2D eigenvalue weighted by Crippen LogP contribution is 2.43. The van der Waals surface area contributed by atoms with Crippen LogP contribution in [0.2, 0.25) is 0 Å². The molecule has 0 heterocycles. The monoisotopic (exact) mass is 207 g/mol. The molecular formula is C12H11F2N. The Bertz CT molecular complexity index is 396. The third-order valence-corrected chi connectivity index (χ3v) is 3.12. The quantitative estimate of drug-likeness (QED) is 0.730. The van der Waals surface area contributed by atoms with Crippen molar-refractivity contribution in [2.45, 2.75) is 25.7 Å². The van der Waals surface area contributed by atoms with E-state index in [0.29, 0.717) is 0 Å². The van der Waals surface area contributed by atoms with Crippen molar-refractivity contribution in [2.24, 2.45) is 5.41 Å². The van der Waals surface area contributed by atoms with Gasteiger partial charge in [0.2, 0.25) is 0 Å². The van der Waals surface area contributed by atoms with Gasteiger partial charge in [-0.15, -0.1) is 0 Å². The largest absolute Gasteiger partial charge is 0.207 e. The van der Waals surface area contributed by atoms with Gasteiger partial charge in [0.05, 0.1) is 11.5 Å². The van der Waals surface area contributed by atoms with Crippen molar-refractivity contribution in [3.05, 3.63) is 35.4 Å². The van der Waals surface area contributed by atoms with E-state index in [-0.39, 0.29) is 12.0 Å². The van der Waals surface area contributed by atoms with E-state index in [1.165, 1.54) is 18.2 Å². The van der Waals surface area contributed by atoms with E-state index in [1.54, 1.807) is 0 Å². The average Bonchev–Trinajstić information content (AvgIpc) is 2.15. The maximum Gasteiger partial charge on any atom is 0.129 e. The fourth-order valence-corrected chi connectivity index (χ4v) is 1.97. The zero-order chi connectivity index (χ0) is 10.9. The van der Waals surface area contributed by atoms with Crippen molar-refractivity contribution in [3.8, 4) is 6.07 Å². The molecule has 1 aromatic carbocycles. The number of hydrogen-bond acceptors (Lipinski definition) is 1. The third-order valence-electron chi connectivity index (χ3n) is 3.12. The highest BCUT2D eigenvalue weighted by Gasteiger charge is 2.38. The standard InChI is InChI=1S/C12H11F2N/c13-10-3-1-4-11(14)9(10)7-12(8-15)5-2-6-12/h1,3-4H,2,5-7H2. The smallest absolute Gasteiger partial charge is 0.129 e. The lowest BCUT2D eigenvalue weighted by Crippen LogP contribution is -2.30. The molecule has 15 heavy (non-hydrogen) atoms. The van der Waals surface area contributed by atoms with Gasteiger partial charge >= 0.3 is 0 Å². The zero-order valence-corrected chi connectivity index (χ0v) is 8.26. The Morgan fingerprint density at radius 3 is 2.27 bits per heavy atom. The van der Waals surface area contributed by atoms with Crippen LogP contribution in [0.3, 0.4) is 0 Å². The molecule has 1 fully saturated rings. The van der Waals surface area contributed by atoms with Gasteiger partial charge in [-0.05, 0) is 31.4 Å². The molecule has 1 saturated carbocycles. The van der Waals surface area contributed by atoms with Gasteiger partial charge in [0.15, 0.2) is 0 Å². The van der Waals surface area contributed by atoms with E-state index in [9.17, 15) is 8.78 Å². The molecule has 2 rings (SSSR count). The second kappa shape index (κ2) is 3.62. The van der Waals surface area contributed by atoms with E-state index in [2.05, 4.69) is 6.07 Å². The van der Waals surface area contributed by atoms with Gasteiger partial charge in [-0.25, -0.2) is 8.78 Å². The number of rotatable bonds is 2. The first-order valence-corrected chi connectivity index (χ1v) is 5.01. The fourth-order valence-electron chi connectivity index (χ4n) is 1.97. The molecule has 3 heteroatoms. The van der Waals surface area contributed by atoms with Gasteiger partial charge < -0.3 is 0 Å². The maximum absolute atomic E-state index is 13.3. The number of nitriles is 1. The summed E-state index contributed by atoms with van der Waals surface area (Å²) < 4.78 is 26.7. The van der Waals surface area contributed by atoms with Crippen LogP contribution in [0, 0.1) is 28.4 Å². The molecule has 0 spiro atoms. The van der Waals surface area contributed by atoms with Gasteiger partial charge in [-0.3, -0.25) is 0 Å². The minimum atomic E-state index is -0.545. The van der Waals surface area contributed by atoms with E-state index < -0.39 is 17.0 Å². The first kappa shape index (κ1) is 10.1. The van der Waals surface area contributed by atoms with Gasteiger partial charge in [-0.1, -0.05) is 12.5 Å². The van der Waals surface area contributed by atoms with Crippen molar-refractivity contribution in [2.75, 3.05) is 0 Å². The molecule has 0 radical (unpaired) electrons. The molecule has 0 saturated heterocycles. The van der Waals surface area contributed by atoms with Gasteiger partial charge in [0, 0.05) is 5.56 Å². The zero-order valence-electron chi connectivity index (χ0n) is 8.26. The minimum absolute atomic E-state index is 0.0544. The topological polar surface area (TPSA) is 23.8 Å². The van der Waals surface area contributed by atoms with Crippen molar-refractivity contribution in [3.63, 3.8) is 0 Å². The summed E-state index contributed by atoms with van der Waals surface area (Å²) in [6.07, 6.45) is 2.67. The van der Waals surface area contributed by atoms with Crippen LogP contribution < -0.4 is 0 Å². The van der Waals surface area contributed by atoms with Crippen LogP contribution in [-0.4, -0.2) is 0 Å². The molecule has 1 aliphatic rings. The Balaban J connectivity index is 2.28. The van der Waals surface area contributed by atoms with Crippen LogP contribution in [0.15, 0.2) is 18.2 Å². The lowest BCUT2D eigenvalue weighted by molar-refractivity contribution is 0.209. The molecular weight excluding hydrogens is 196 g/mol. The summed E-state index contributed by atoms with van der Waals surface area (Å²) in [4.78, 5) is 0. The predicted molar refractivity (Wildman–Crippen MR) is 52.0 cm³/mol. The molecule has 0 bridgehead atoms. The normalized spacial score (nSPS) is 17.9. The van der Waals surface area contributed by atoms with Crippen LogP contribution in [0.5, 0.6) is 0 Å². The summed E-state index contributed by atoms with van der Waals surface area (Å²) in [6.45, 7) is 0. The van der Waals surface area contributed by atoms with Crippen LogP contribution in [0.1, 0.15) is 24.8 Å². The summed E-state index contributed by atoms with van der Waals surface area (Å²) in [5.74, 6) is -1.09. The molecule has 0 aliphatic heterocycles. The summed E-state index contributed by atoms with van der Waals surface area (Å²) in [7, 11) is 0. The summed E-state index contributed by atoms with van der Waals surface area (Å²) in [6, 6.07) is 6.00. The Labute approximate surface area is 87.3 Å². The summed E-state index contributed by atoms with van der Waals surface area (Å²) in [5, 5.41) is 8.98. The molecule has 1 nitrogen and oxygen atoms in total. The van der Waals surface area contributed by atoms with Crippen LogP contribution in [0.4, 0.5) is 8.78 Å². The highest BCUT2D eigenvalue weighted by atomic mass is 19.1. The number of nitrogens with zero attached hydrogens (tertiary/aromatic N) is 1. The van der Waals surface area contributed by atoms with Crippen LogP contribution in [0.25, 0.3) is 0 Å². The molecule has 1 aromatic rings.